The van der Waals surface area contributed by atoms with E-state index in [-0.39, 0.29) is 0 Å². The van der Waals surface area contributed by atoms with Gasteiger partial charge in [0.05, 0.1) is 6.61 Å². The maximum atomic E-state index is 5.68. The molecule has 0 saturated heterocycles. The lowest BCUT2D eigenvalue weighted by atomic mass is 10.1. The van der Waals surface area contributed by atoms with Gasteiger partial charge in [-0.15, -0.1) is 0 Å². The molecule has 1 N–H and O–H groups in total. The molecule has 0 aliphatic heterocycles. The summed E-state index contributed by atoms with van der Waals surface area (Å²) in [5.41, 5.74) is 4.96. The highest BCUT2D eigenvalue weighted by molar-refractivity contribution is 5.48. The van der Waals surface area contributed by atoms with Crippen LogP contribution >= 0.6 is 0 Å². The van der Waals surface area contributed by atoms with Crippen LogP contribution in [0.5, 0.6) is 5.75 Å². The second kappa shape index (κ2) is 8.44. The first-order valence-electron chi connectivity index (χ1n) is 7.79. The van der Waals surface area contributed by atoms with Crippen LogP contribution in [0.1, 0.15) is 23.6 Å². The predicted molar refractivity (Wildman–Crippen MR) is 91.7 cm³/mol. The van der Waals surface area contributed by atoms with Gasteiger partial charge in [-0.3, -0.25) is 0 Å². The molecule has 22 heavy (non-hydrogen) atoms. The van der Waals surface area contributed by atoms with Gasteiger partial charge >= 0.3 is 0 Å². The Labute approximate surface area is 133 Å². The molecule has 0 unspecified atom stereocenters. The van der Waals surface area contributed by atoms with E-state index < -0.39 is 0 Å². The van der Waals surface area contributed by atoms with Crippen molar-refractivity contribution < 1.29 is 9.47 Å². The highest BCUT2D eigenvalue weighted by Gasteiger charge is 1.99. The molecule has 0 heterocycles. The summed E-state index contributed by atoms with van der Waals surface area (Å²) in [6.07, 6.45) is 0. The van der Waals surface area contributed by atoms with Crippen LogP contribution < -0.4 is 10.1 Å². The molecule has 0 aliphatic carbocycles. The van der Waals surface area contributed by atoms with Crippen molar-refractivity contribution >= 4 is 5.69 Å². The molecule has 2 rings (SSSR count). The van der Waals surface area contributed by atoms with Gasteiger partial charge in [0, 0.05) is 18.8 Å². The fourth-order valence-corrected chi connectivity index (χ4v) is 2.16. The van der Waals surface area contributed by atoms with Crippen molar-refractivity contribution in [2.75, 3.05) is 25.1 Å². The first-order chi connectivity index (χ1) is 10.7. The summed E-state index contributed by atoms with van der Waals surface area (Å²) in [5, 5.41) is 3.45. The van der Waals surface area contributed by atoms with Crippen LogP contribution in [0, 0.1) is 13.8 Å². The van der Waals surface area contributed by atoms with Crippen LogP contribution in [-0.2, 0) is 11.3 Å². The van der Waals surface area contributed by atoms with E-state index in [1.54, 1.807) is 0 Å². The molecular weight excluding hydrogens is 274 g/mol. The fourth-order valence-electron chi connectivity index (χ4n) is 2.16. The Balaban J connectivity index is 1.88. The van der Waals surface area contributed by atoms with Crippen LogP contribution in [0.2, 0.25) is 0 Å². The van der Waals surface area contributed by atoms with E-state index in [9.17, 15) is 0 Å². The summed E-state index contributed by atoms with van der Waals surface area (Å²) >= 11 is 0. The molecule has 0 atom stereocenters. The Morgan fingerprint density at radius 1 is 0.955 bits per heavy atom. The van der Waals surface area contributed by atoms with Crippen LogP contribution in [0.3, 0.4) is 0 Å². The monoisotopic (exact) mass is 299 g/mol. The molecule has 2 aromatic carbocycles. The number of rotatable bonds is 8. The van der Waals surface area contributed by atoms with Crippen molar-refractivity contribution in [1.29, 1.82) is 0 Å². The quantitative estimate of drug-likeness (QED) is 0.736. The predicted octanol–water partition coefficient (Wildman–Crippen LogP) is 4.33. The van der Waals surface area contributed by atoms with E-state index in [0.29, 0.717) is 13.2 Å². The van der Waals surface area contributed by atoms with Crippen LogP contribution in [-0.4, -0.2) is 19.8 Å². The molecule has 3 heteroatoms. The second-order valence-corrected chi connectivity index (χ2v) is 5.35. The zero-order valence-electron chi connectivity index (χ0n) is 13.7. The van der Waals surface area contributed by atoms with Gasteiger partial charge in [0.2, 0.25) is 0 Å². The number of aryl methyl sites for hydroxylation is 2. The highest BCUT2D eigenvalue weighted by atomic mass is 16.5. The largest absolute Gasteiger partial charge is 0.491 e. The first kappa shape index (κ1) is 16.4. The van der Waals surface area contributed by atoms with Gasteiger partial charge in [-0.1, -0.05) is 18.2 Å². The lowest BCUT2D eigenvalue weighted by molar-refractivity contribution is 0.110. The number of anilines is 1. The van der Waals surface area contributed by atoms with E-state index in [0.717, 1.165) is 24.6 Å². The smallest absolute Gasteiger partial charge is 0.119 e. The van der Waals surface area contributed by atoms with Crippen molar-refractivity contribution in [2.45, 2.75) is 27.3 Å². The SMILES string of the molecule is CCOCCOc1cccc(CNc2ccc(C)c(C)c2)c1. The maximum absolute atomic E-state index is 5.68. The zero-order valence-corrected chi connectivity index (χ0v) is 13.7. The topological polar surface area (TPSA) is 30.5 Å². The lowest BCUT2D eigenvalue weighted by Gasteiger charge is -2.11. The molecule has 118 valence electrons. The molecule has 0 saturated carbocycles. The van der Waals surface area contributed by atoms with Gasteiger partial charge in [0.15, 0.2) is 0 Å². The van der Waals surface area contributed by atoms with Crippen molar-refractivity contribution in [3.8, 4) is 5.75 Å². The molecule has 0 spiro atoms. The minimum absolute atomic E-state index is 0.585. The van der Waals surface area contributed by atoms with E-state index in [4.69, 9.17) is 9.47 Å². The van der Waals surface area contributed by atoms with Gasteiger partial charge < -0.3 is 14.8 Å². The fraction of sp³-hybridized carbons (Fsp3) is 0.368. The molecule has 0 aromatic heterocycles. The number of hydrogen-bond acceptors (Lipinski definition) is 3. The summed E-state index contributed by atoms with van der Waals surface area (Å²) < 4.78 is 11.0. The molecule has 0 amide bonds. The van der Waals surface area contributed by atoms with Crippen molar-refractivity contribution in [3.63, 3.8) is 0 Å². The van der Waals surface area contributed by atoms with Crippen LogP contribution in [0.25, 0.3) is 0 Å². The number of ether oxygens (including phenoxy) is 2. The van der Waals surface area contributed by atoms with Gasteiger partial charge in [0.1, 0.15) is 12.4 Å². The Kier molecular flexibility index (Phi) is 6.28. The maximum Gasteiger partial charge on any atom is 0.119 e. The van der Waals surface area contributed by atoms with E-state index in [2.05, 4.69) is 49.5 Å². The Morgan fingerprint density at radius 3 is 2.59 bits per heavy atom. The summed E-state index contributed by atoms with van der Waals surface area (Å²) in [7, 11) is 0. The number of benzene rings is 2. The van der Waals surface area contributed by atoms with Crippen molar-refractivity contribution in [3.05, 3.63) is 59.2 Å². The zero-order chi connectivity index (χ0) is 15.8. The van der Waals surface area contributed by atoms with Crippen LogP contribution in [0.15, 0.2) is 42.5 Å². The lowest BCUT2D eigenvalue weighted by Crippen LogP contribution is -2.06. The van der Waals surface area contributed by atoms with Gasteiger partial charge in [-0.2, -0.15) is 0 Å². The average Bonchev–Trinajstić information content (AvgIpc) is 2.53. The number of nitrogens with one attached hydrogen (secondary N) is 1. The number of hydrogen-bond donors (Lipinski definition) is 1. The van der Waals surface area contributed by atoms with Gasteiger partial charge in [-0.05, 0) is 61.7 Å². The molecule has 0 fully saturated rings. The standard InChI is InChI=1S/C19H25NO2/c1-4-21-10-11-22-19-7-5-6-17(13-19)14-20-18-9-8-15(2)16(3)12-18/h5-9,12-13,20H,4,10-11,14H2,1-3H3. The summed E-state index contributed by atoms with van der Waals surface area (Å²) in [6, 6.07) is 14.6. The third kappa shape index (κ3) is 5.08. The van der Waals surface area contributed by atoms with Gasteiger partial charge in [-0.25, -0.2) is 0 Å². The third-order valence-corrected chi connectivity index (χ3v) is 3.60. The Morgan fingerprint density at radius 2 is 1.82 bits per heavy atom. The molecule has 3 nitrogen and oxygen atoms in total. The molecular formula is C19H25NO2. The molecule has 0 aliphatic rings. The second-order valence-electron chi connectivity index (χ2n) is 5.35. The molecule has 0 radical (unpaired) electrons. The Bertz CT molecular complexity index is 596. The van der Waals surface area contributed by atoms with E-state index in [1.807, 2.05) is 19.1 Å². The first-order valence-corrected chi connectivity index (χ1v) is 7.79. The highest BCUT2D eigenvalue weighted by Crippen LogP contribution is 2.17. The van der Waals surface area contributed by atoms with Crippen molar-refractivity contribution in [2.24, 2.45) is 0 Å². The van der Waals surface area contributed by atoms with E-state index >= 15 is 0 Å². The summed E-state index contributed by atoms with van der Waals surface area (Å²) in [4.78, 5) is 0. The van der Waals surface area contributed by atoms with E-state index in [1.165, 1.54) is 16.7 Å². The third-order valence-electron chi connectivity index (χ3n) is 3.60. The minimum Gasteiger partial charge on any atom is -0.491 e. The van der Waals surface area contributed by atoms with Gasteiger partial charge in [0.25, 0.3) is 0 Å². The Hall–Kier alpha value is -2.00. The summed E-state index contributed by atoms with van der Waals surface area (Å²) in [5.74, 6) is 0.888. The normalized spacial score (nSPS) is 10.5. The minimum atomic E-state index is 0.585. The average molecular weight is 299 g/mol. The molecule has 2 aromatic rings. The summed E-state index contributed by atoms with van der Waals surface area (Å²) in [6.45, 7) is 8.96. The van der Waals surface area contributed by atoms with Crippen LogP contribution in [0.4, 0.5) is 5.69 Å². The molecule has 0 bridgehead atoms. The van der Waals surface area contributed by atoms with Crippen molar-refractivity contribution in [1.82, 2.24) is 0 Å².